The van der Waals surface area contributed by atoms with E-state index >= 15 is 0 Å². The van der Waals surface area contributed by atoms with Gasteiger partial charge < -0.3 is 4.74 Å². The van der Waals surface area contributed by atoms with Gasteiger partial charge in [-0.15, -0.1) is 11.3 Å². The molecular weight excluding hydrogens is 253 g/mol. The molecule has 0 unspecified atom stereocenters. The van der Waals surface area contributed by atoms with Crippen LogP contribution in [0.25, 0.3) is 20.2 Å². The zero-order chi connectivity index (χ0) is 12.9. The van der Waals surface area contributed by atoms with Crippen molar-refractivity contribution in [2.45, 2.75) is 0 Å². The summed E-state index contributed by atoms with van der Waals surface area (Å²) in [5.74, 6) is -0.508. The first-order valence-corrected chi connectivity index (χ1v) is 6.29. The predicted octanol–water partition coefficient (Wildman–Crippen LogP) is 2.60. The standard InChI is InChI=1S/C13H9BF2OS/c1-17-9-5-3-7-6-2-4-8(14)10(15)12(6)18-13(7)11(9)16/h2-5H,14H2,1H3. The van der Waals surface area contributed by atoms with Crippen molar-refractivity contribution < 1.29 is 13.5 Å². The summed E-state index contributed by atoms with van der Waals surface area (Å²) in [4.78, 5) is 0. The number of halogens is 2. The molecule has 0 N–H and O–H groups in total. The number of rotatable bonds is 1. The van der Waals surface area contributed by atoms with Crippen molar-refractivity contribution in [3.05, 3.63) is 35.9 Å². The molecule has 5 heteroatoms. The first kappa shape index (κ1) is 11.5. The van der Waals surface area contributed by atoms with Gasteiger partial charge in [-0.3, -0.25) is 0 Å². The van der Waals surface area contributed by atoms with Gasteiger partial charge in [0.15, 0.2) is 11.6 Å². The van der Waals surface area contributed by atoms with E-state index in [-0.39, 0.29) is 11.6 Å². The molecule has 0 aliphatic rings. The molecule has 1 aromatic heterocycles. The average Bonchev–Trinajstić information content (AvgIpc) is 2.75. The van der Waals surface area contributed by atoms with Gasteiger partial charge >= 0.3 is 0 Å². The molecule has 0 bridgehead atoms. The second kappa shape index (κ2) is 3.95. The van der Waals surface area contributed by atoms with Gasteiger partial charge in [0.25, 0.3) is 0 Å². The third-order valence-corrected chi connectivity index (χ3v) is 4.27. The molecule has 18 heavy (non-hydrogen) atoms. The van der Waals surface area contributed by atoms with Gasteiger partial charge in [0.1, 0.15) is 13.7 Å². The molecular formula is C13H9BF2OS. The summed E-state index contributed by atoms with van der Waals surface area (Å²) >= 11 is 1.13. The summed E-state index contributed by atoms with van der Waals surface area (Å²) in [6.07, 6.45) is 0. The van der Waals surface area contributed by atoms with Gasteiger partial charge in [-0.2, -0.15) is 0 Å². The minimum atomic E-state index is -0.423. The molecule has 0 aliphatic heterocycles. The van der Waals surface area contributed by atoms with Crippen LogP contribution < -0.4 is 10.2 Å². The van der Waals surface area contributed by atoms with E-state index < -0.39 is 5.82 Å². The molecule has 2 aromatic carbocycles. The number of hydrogen-bond donors (Lipinski definition) is 0. The largest absolute Gasteiger partial charge is 0.494 e. The number of thiophene rings is 1. The van der Waals surface area contributed by atoms with Crippen molar-refractivity contribution in [3.63, 3.8) is 0 Å². The van der Waals surface area contributed by atoms with Gasteiger partial charge in [-0.05, 0) is 12.1 Å². The maximum Gasteiger partial charge on any atom is 0.182 e. The van der Waals surface area contributed by atoms with Crippen LogP contribution in [0.5, 0.6) is 5.75 Å². The van der Waals surface area contributed by atoms with Gasteiger partial charge in [0.2, 0.25) is 0 Å². The van der Waals surface area contributed by atoms with E-state index in [4.69, 9.17) is 4.74 Å². The molecule has 1 heterocycles. The van der Waals surface area contributed by atoms with Crippen LogP contribution in [0.3, 0.4) is 0 Å². The van der Waals surface area contributed by atoms with Crippen molar-refractivity contribution in [3.8, 4) is 5.75 Å². The minimum absolute atomic E-state index is 0.186. The lowest BCUT2D eigenvalue weighted by Gasteiger charge is -2.01. The Hall–Kier alpha value is -1.62. The Morgan fingerprint density at radius 2 is 1.61 bits per heavy atom. The van der Waals surface area contributed by atoms with E-state index in [2.05, 4.69) is 0 Å². The highest BCUT2D eigenvalue weighted by Crippen LogP contribution is 2.38. The summed E-state index contributed by atoms with van der Waals surface area (Å²) in [6.45, 7) is 0. The Labute approximate surface area is 107 Å². The van der Waals surface area contributed by atoms with Crippen LogP contribution in [-0.4, -0.2) is 15.0 Å². The van der Waals surface area contributed by atoms with Crippen LogP contribution in [-0.2, 0) is 0 Å². The fourth-order valence-corrected chi connectivity index (χ4v) is 3.30. The van der Waals surface area contributed by atoms with Crippen LogP contribution in [0.1, 0.15) is 0 Å². The Morgan fingerprint density at radius 3 is 2.28 bits per heavy atom. The van der Waals surface area contributed by atoms with Crippen LogP contribution in [0, 0.1) is 11.6 Å². The van der Waals surface area contributed by atoms with E-state index in [0.29, 0.717) is 14.9 Å². The normalized spacial score (nSPS) is 11.3. The number of benzene rings is 2. The van der Waals surface area contributed by atoms with Crippen molar-refractivity contribution in [2.24, 2.45) is 0 Å². The third-order valence-electron chi connectivity index (χ3n) is 3.07. The molecule has 0 saturated carbocycles. The minimum Gasteiger partial charge on any atom is -0.494 e. The number of ether oxygens (including phenoxy) is 1. The third kappa shape index (κ3) is 1.43. The van der Waals surface area contributed by atoms with Crippen LogP contribution in [0.15, 0.2) is 24.3 Å². The fourth-order valence-electron chi connectivity index (χ4n) is 2.08. The molecule has 0 atom stereocenters. The first-order valence-electron chi connectivity index (χ1n) is 5.47. The van der Waals surface area contributed by atoms with Crippen LogP contribution >= 0.6 is 11.3 Å². The Balaban J connectivity index is 2.50. The zero-order valence-electron chi connectivity index (χ0n) is 9.88. The quantitative estimate of drug-likeness (QED) is 0.612. The summed E-state index contributed by atoms with van der Waals surface area (Å²) in [7, 11) is 3.12. The van der Waals surface area contributed by atoms with Crippen LogP contribution in [0.4, 0.5) is 8.78 Å². The van der Waals surface area contributed by atoms with Crippen molar-refractivity contribution in [1.29, 1.82) is 0 Å². The molecule has 3 aromatic rings. The fraction of sp³-hybridized carbons (Fsp3) is 0.0769. The second-order valence-corrected chi connectivity index (χ2v) is 5.15. The maximum absolute atomic E-state index is 14.1. The average molecular weight is 262 g/mol. The molecule has 0 spiro atoms. The van der Waals surface area contributed by atoms with E-state index in [1.807, 2.05) is 6.07 Å². The lowest BCUT2D eigenvalue weighted by Crippen LogP contribution is -2.06. The SMILES string of the molecule is Bc1ccc2c(sc3c(F)c(OC)ccc32)c1F. The van der Waals surface area contributed by atoms with Gasteiger partial charge in [-0.1, -0.05) is 17.6 Å². The molecule has 0 aliphatic carbocycles. The van der Waals surface area contributed by atoms with E-state index in [1.54, 1.807) is 26.0 Å². The molecule has 0 fully saturated rings. The monoisotopic (exact) mass is 262 g/mol. The Bertz CT molecular complexity index is 767. The summed E-state index contributed by atoms with van der Waals surface area (Å²) in [6, 6.07) is 6.89. The highest BCUT2D eigenvalue weighted by Gasteiger charge is 2.15. The molecule has 0 radical (unpaired) electrons. The summed E-state index contributed by atoms with van der Waals surface area (Å²) in [5, 5.41) is 1.48. The Morgan fingerprint density at radius 1 is 1.00 bits per heavy atom. The maximum atomic E-state index is 14.1. The molecule has 0 amide bonds. The highest BCUT2D eigenvalue weighted by atomic mass is 32.1. The zero-order valence-corrected chi connectivity index (χ0v) is 10.7. The molecule has 1 nitrogen and oxygen atoms in total. The van der Waals surface area contributed by atoms with Crippen molar-refractivity contribution in [1.82, 2.24) is 0 Å². The lowest BCUT2D eigenvalue weighted by molar-refractivity contribution is 0.389. The van der Waals surface area contributed by atoms with Crippen molar-refractivity contribution in [2.75, 3.05) is 7.11 Å². The van der Waals surface area contributed by atoms with Crippen molar-refractivity contribution >= 4 is 44.8 Å². The number of hydrogen-bond acceptors (Lipinski definition) is 2. The van der Waals surface area contributed by atoms with E-state index in [0.717, 1.165) is 22.1 Å². The summed E-state index contributed by atoms with van der Waals surface area (Å²) in [5.41, 5.74) is 0.571. The highest BCUT2D eigenvalue weighted by molar-refractivity contribution is 7.26. The number of fused-ring (bicyclic) bond motifs is 3. The first-order chi connectivity index (χ1) is 8.63. The van der Waals surface area contributed by atoms with Crippen LogP contribution in [0.2, 0.25) is 0 Å². The smallest absolute Gasteiger partial charge is 0.182 e. The molecule has 90 valence electrons. The van der Waals surface area contributed by atoms with Gasteiger partial charge in [0.05, 0.1) is 16.5 Å². The van der Waals surface area contributed by atoms with Gasteiger partial charge in [0, 0.05) is 10.8 Å². The second-order valence-electron chi connectivity index (χ2n) is 4.13. The molecule has 0 saturated heterocycles. The van der Waals surface area contributed by atoms with E-state index in [1.165, 1.54) is 7.11 Å². The predicted molar refractivity (Wildman–Crippen MR) is 74.0 cm³/mol. The van der Waals surface area contributed by atoms with Gasteiger partial charge in [-0.25, -0.2) is 8.78 Å². The lowest BCUT2D eigenvalue weighted by atomic mass is 9.94. The topological polar surface area (TPSA) is 9.23 Å². The molecule has 3 rings (SSSR count). The summed E-state index contributed by atoms with van der Waals surface area (Å²) < 4.78 is 34.0. The Kier molecular flexibility index (Phi) is 2.52. The number of methoxy groups -OCH3 is 1. The van der Waals surface area contributed by atoms with E-state index in [9.17, 15) is 8.78 Å².